The van der Waals surface area contributed by atoms with E-state index >= 15 is 0 Å². The van der Waals surface area contributed by atoms with Crippen LogP contribution in [0.5, 0.6) is 0 Å². The van der Waals surface area contributed by atoms with Gasteiger partial charge in [0.15, 0.2) is 0 Å². The summed E-state index contributed by atoms with van der Waals surface area (Å²) < 4.78 is 0. The zero-order valence-corrected chi connectivity index (χ0v) is 4.13. The molecule has 1 aromatic heterocycles. The second-order valence-electron chi connectivity index (χ2n) is 1.30. The van der Waals surface area contributed by atoms with Crippen LogP contribution in [0, 0.1) is 6.92 Å². The van der Waals surface area contributed by atoms with Crippen molar-refractivity contribution in [1.82, 2.24) is 9.97 Å². The van der Waals surface area contributed by atoms with Gasteiger partial charge >= 0.3 is 29.6 Å². The molecule has 1 rings (SSSR count). The van der Waals surface area contributed by atoms with E-state index < -0.39 is 0 Å². The Labute approximate surface area is 70.6 Å². The van der Waals surface area contributed by atoms with E-state index in [-0.39, 0.29) is 29.6 Å². The second-order valence-corrected chi connectivity index (χ2v) is 1.30. The molecule has 38 valence electrons. The van der Waals surface area contributed by atoms with Gasteiger partial charge in [-0.2, -0.15) is 0 Å². The Morgan fingerprint density at radius 1 is 1.25 bits per heavy atom. The Bertz CT molecular complexity index is 140. The standard InChI is InChI=1S/C5H6N2.Na.H/c1-5-6-3-2-4-7-5;;/h2-4H,1H3;;. The summed E-state index contributed by atoms with van der Waals surface area (Å²) in [6, 6.07) is 1.80. The first-order valence-corrected chi connectivity index (χ1v) is 2.13. The minimum atomic E-state index is 0. The molecular formula is C5H7N2Na. The van der Waals surface area contributed by atoms with Crippen molar-refractivity contribution >= 4 is 29.6 Å². The molecule has 0 N–H and O–H groups in total. The van der Waals surface area contributed by atoms with Crippen LogP contribution >= 0.6 is 0 Å². The van der Waals surface area contributed by atoms with Crippen molar-refractivity contribution in [3.05, 3.63) is 24.3 Å². The van der Waals surface area contributed by atoms with Crippen LogP contribution in [0.15, 0.2) is 18.5 Å². The summed E-state index contributed by atoms with van der Waals surface area (Å²) in [5.41, 5.74) is 0. The first-order valence-electron chi connectivity index (χ1n) is 2.13. The number of aryl methyl sites for hydroxylation is 1. The molecule has 3 heteroatoms. The van der Waals surface area contributed by atoms with Gasteiger partial charge in [0, 0.05) is 12.4 Å². The van der Waals surface area contributed by atoms with Gasteiger partial charge in [-0.15, -0.1) is 0 Å². The van der Waals surface area contributed by atoms with Gasteiger partial charge in [0.25, 0.3) is 0 Å². The Balaban J connectivity index is 0.000000490. The third kappa shape index (κ3) is 2.40. The molecule has 0 amide bonds. The molecule has 0 spiro atoms. The summed E-state index contributed by atoms with van der Waals surface area (Å²) in [6.45, 7) is 1.86. The maximum absolute atomic E-state index is 3.87. The zero-order valence-electron chi connectivity index (χ0n) is 4.13. The van der Waals surface area contributed by atoms with Crippen LogP contribution in [0.25, 0.3) is 0 Å². The average Bonchev–Trinajstić information content (AvgIpc) is 1.69. The Hall–Kier alpha value is 0.0800. The van der Waals surface area contributed by atoms with E-state index in [9.17, 15) is 0 Å². The van der Waals surface area contributed by atoms with E-state index in [0.717, 1.165) is 5.82 Å². The summed E-state index contributed by atoms with van der Waals surface area (Å²) >= 11 is 0. The van der Waals surface area contributed by atoms with E-state index in [1.54, 1.807) is 18.5 Å². The van der Waals surface area contributed by atoms with E-state index in [0.29, 0.717) is 0 Å². The first-order chi connectivity index (χ1) is 3.39. The molecule has 0 aliphatic carbocycles. The predicted molar refractivity (Wildman–Crippen MR) is 33.9 cm³/mol. The van der Waals surface area contributed by atoms with Crippen LogP contribution in [-0.2, 0) is 0 Å². The molecule has 0 saturated heterocycles. The molecule has 1 heterocycles. The molecule has 0 bridgehead atoms. The second kappa shape index (κ2) is 4.01. The molecule has 0 fully saturated rings. The Morgan fingerprint density at radius 2 is 1.75 bits per heavy atom. The van der Waals surface area contributed by atoms with Gasteiger partial charge in [0.05, 0.1) is 0 Å². The fraction of sp³-hybridized carbons (Fsp3) is 0.200. The van der Waals surface area contributed by atoms with E-state index in [1.165, 1.54) is 0 Å². The SMILES string of the molecule is Cc1ncccn1.[NaH]. The van der Waals surface area contributed by atoms with Crippen LogP contribution < -0.4 is 0 Å². The average molecular weight is 118 g/mol. The van der Waals surface area contributed by atoms with Gasteiger partial charge in [-0.3, -0.25) is 0 Å². The summed E-state index contributed by atoms with van der Waals surface area (Å²) in [5, 5.41) is 0. The van der Waals surface area contributed by atoms with Crippen LogP contribution in [0.3, 0.4) is 0 Å². The number of hydrogen-bond donors (Lipinski definition) is 0. The summed E-state index contributed by atoms with van der Waals surface area (Å²) in [4.78, 5) is 7.74. The first kappa shape index (κ1) is 8.08. The summed E-state index contributed by atoms with van der Waals surface area (Å²) in [7, 11) is 0. The molecule has 0 saturated carbocycles. The third-order valence-electron chi connectivity index (χ3n) is 0.695. The number of nitrogens with zero attached hydrogens (tertiary/aromatic N) is 2. The number of aromatic nitrogens is 2. The third-order valence-corrected chi connectivity index (χ3v) is 0.695. The molecule has 0 aliphatic rings. The minimum absolute atomic E-state index is 0. The van der Waals surface area contributed by atoms with Crippen LogP contribution in [0.1, 0.15) is 5.82 Å². The van der Waals surface area contributed by atoms with Crippen molar-refractivity contribution in [3.63, 3.8) is 0 Å². The predicted octanol–water partition coefficient (Wildman–Crippen LogP) is 0.137. The van der Waals surface area contributed by atoms with Gasteiger partial charge in [-0.05, 0) is 13.0 Å². The molecule has 1 aromatic rings. The molecule has 0 aliphatic heterocycles. The van der Waals surface area contributed by atoms with Crippen molar-refractivity contribution in [3.8, 4) is 0 Å². The molecule has 8 heavy (non-hydrogen) atoms. The van der Waals surface area contributed by atoms with Crippen molar-refractivity contribution in [2.75, 3.05) is 0 Å². The molecule has 2 nitrogen and oxygen atoms in total. The monoisotopic (exact) mass is 118 g/mol. The van der Waals surface area contributed by atoms with Crippen molar-refractivity contribution < 1.29 is 0 Å². The van der Waals surface area contributed by atoms with Gasteiger partial charge in [0.1, 0.15) is 5.82 Å². The fourth-order valence-electron chi connectivity index (χ4n) is 0.374. The van der Waals surface area contributed by atoms with Crippen LogP contribution in [0.4, 0.5) is 0 Å². The van der Waals surface area contributed by atoms with Crippen LogP contribution in [0.2, 0.25) is 0 Å². The molecule has 0 aromatic carbocycles. The van der Waals surface area contributed by atoms with Crippen molar-refractivity contribution in [2.24, 2.45) is 0 Å². The normalized spacial score (nSPS) is 7.62. The Morgan fingerprint density at radius 3 is 2.00 bits per heavy atom. The van der Waals surface area contributed by atoms with E-state index in [4.69, 9.17) is 0 Å². The van der Waals surface area contributed by atoms with E-state index in [2.05, 4.69) is 9.97 Å². The van der Waals surface area contributed by atoms with E-state index in [1.807, 2.05) is 6.92 Å². The fourth-order valence-corrected chi connectivity index (χ4v) is 0.374. The topological polar surface area (TPSA) is 25.8 Å². The van der Waals surface area contributed by atoms with Gasteiger partial charge in [-0.25, -0.2) is 9.97 Å². The summed E-state index contributed by atoms with van der Waals surface area (Å²) in [6.07, 6.45) is 3.45. The molecule has 0 radical (unpaired) electrons. The molecular weight excluding hydrogens is 111 g/mol. The number of rotatable bonds is 0. The van der Waals surface area contributed by atoms with Crippen molar-refractivity contribution in [2.45, 2.75) is 6.92 Å². The molecule has 0 unspecified atom stereocenters. The zero-order chi connectivity index (χ0) is 5.11. The quantitative estimate of drug-likeness (QED) is 0.453. The maximum atomic E-state index is 3.87. The van der Waals surface area contributed by atoms with Gasteiger partial charge < -0.3 is 0 Å². The van der Waals surface area contributed by atoms with Crippen LogP contribution in [-0.4, -0.2) is 39.5 Å². The Kier molecular flexibility index (Phi) is 4.05. The number of hydrogen-bond acceptors (Lipinski definition) is 2. The van der Waals surface area contributed by atoms with Crippen molar-refractivity contribution in [1.29, 1.82) is 0 Å². The summed E-state index contributed by atoms with van der Waals surface area (Å²) in [5.74, 6) is 0.822. The van der Waals surface area contributed by atoms with Gasteiger partial charge in [-0.1, -0.05) is 0 Å². The molecule has 0 atom stereocenters. The van der Waals surface area contributed by atoms with Gasteiger partial charge in [0.2, 0.25) is 0 Å².